The molecule has 1 aliphatic rings. The molecule has 0 saturated carbocycles. The molecule has 1 amide bonds. The average Bonchev–Trinajstić information content (AvgIpc) is 2.79. The number of aromatic nitrogens is 1. The van der Waals surface area contributed by atoms with Crippen molar-refractivity contribution in [3.8, 4) is 17.2 Å². The van der Waals surface area contributed by atoms with Crippen molar-refractivity contribution in [3.63, 3.8) is 0 Å². The number of hydrogen-bond donors (Lipinski definition) is 2. The largest absolute Gasteiger partial charge is 0.382 e. The number of amides is 1. The highest BCUT2D eigenvalue weighted by molar-refractivity contribution is 6.05. The van der Waals surface area contributed by atoms with Gasteiger partial charge >= 0.3 is 0 Å². The Bertz CT molecular complexity index is 1010. The van der Waals surface area contributed by atoms with Crippen LogP contribution in [0.1, 0.15) is 12.0 Å². The van der Waals surface area contributed by atoms with Crippen molar-refractivity contribution < 1.29 is 4.79 Å². The number of rotatable bonds is 1. The van der Waals surface area contributed by atoms with Crippen LogP contribution in [0.4, 0.5) is 11.4 Å². The highest BCUT2D eigenvalue weighted by Crippen LogP contribution is 2.39. The molecule has 0 bridgehead atoms. The summed E-state index contributed by atoms with van der Waals surface area (Å²) in [6.45, 7) is 0.610. The van der Waals surface area contributed by atoms with Crippen molar-refractivity contribution in [3.05, 3.63) is 48.2 Å². The summed E-state index contributed by atoms with van der Waals surface area (Å²) in [6, 6.07) is 13.8. The van der Waals surface area contributed by atoms with E-state index >= 15 is 0 Å². The fourth-order valence-corrected chi connectivity index (χ4v) is 3.25. The molecule has 0 fully saturated rings. The van der Waals surface area contributed by atoms with Crippen LogP contribution in [0, 0.1) is 11.3 Å². The number of hydrogen-bond acceptors (Lipinski definition) is 3. The predicted molar refractivity (Wildman–Crippen MR) is 94.8 cm³/mol. The van der Waals surface area contributed by atoms with E-state index in [1.807, 2.05) is 41.9 Å². The maximum Gasteiger partial charge on any atom is 0.226 e. The van der Waals surface area contributed by atoms with Gasteiger partial charge in [0.2, 0.25) is 5.91 Å². The number of para-hydroxylation sites is 1. The highest BCUT2D eigenvalue weighted by atomic mass is 16.1. The van der Waals surface area contributed by atoms with Crippen molar-refractivity contribution >= 4 is 28.2 Å². The second-order valence-corrected chi connectivity index (χ2v) is 5.95. The molecular formula is C19H16N4O. The smallest absolute Gasteiger partial charge is 0.226 e. The summed E-state index contributed by atoms with van der Waals surface area (Å²) in [4.78, 5) is 11.8. The fraction of sp³-hybridized carbons (Fsp3) is 0.158. The van der Waals surface area contributed by atoms with Gasteiger partial charge in [0.05, 0.1) is 23.0 Å². The van der Waals surface area contributed by atoms with Gasteiger partial charge in [0, 0.05) is 48.2 Å². The minimum atomic E-state index is 0.0231. The van der Waals surface area contributed by atoms with Crippen LogP contribution in [-0.2, 0) is 11.8 Å². The molecule has 2 N–H and O–H groups in total. The van der Waals surface area contributed by atoms with Gasteiger partial charge in [-0.1, -0.05) is 18.2 Å². The number of anilines is 2. The Kier molecular flexibility index (Phi) is 3.24. The molecule has 0 atom stereocenters. The van der Waals surface area contributed by atoms with Crippen molar-refractivity contribution in [2.75, 3.05) is 17.2 Å². The zero-order chi connectivity index (χ0) is 16.7. The summed E-state index contributed by atoms with van der Waals surface area (Å²) < 4.78 is 2.03. The van der Waals surface area contributed by atoms with Gasteiger partial charge in [-0.3, -0.25) is 4.79 Å². The van der Waals surface area contributed by atoms with Crippen LogP contribution < -0.4 is 10.6 Å². The number of nitrogens with one attached hydrogen (secondary N) is 2. The van der Waals surface area contributed by atoms with Gasteiger partial charge in [-0.05, 0) is 18.2 Å². The van der Waals surface area contributed by atoms with Crippen LogP contribution >= 0.6 is 0 Å². The first-order chi connectivity index (χ1) is 11.7. The summed E-state index contributed by atoms with van der Waals surface area (Å²) in [6.07, 6.45) is 2.52. The molecule has 0 spiro atoms. The molecule has 3 aromatic rings. The molecular weight excluding hydrogens is 300 g/mol. The second kappa shape index (κ2) is 5.43. The number of benzene rings is 2. The van der Waals surface area contributed by atoms with Gasteiger partial charge in [0.1, 0.15) is 0 Å². The first-order valence-electron chi connectivity index (χ1n) is 7.83. The number of carbonyl (C=O) groups is 1. The van der Waals surface area contributed by atoms with Crippen LogP contribution in [0.25, 0.3) is 22.0 Å². The second-order valence-electron chi connectivity index (χ2n) is 5.95. The molecule has 24 heavy (non-hydrogen) atoms. The van der Waals surface area contributed by atoms with Gasteiger partial charge in [-0.2, -0.15) is 5.26 Å². The van der Waals surface area contributed by atoms with Gasteiger partial charge < -0.3 is 15.2 Å². The van der Waals surface area contributed by atoms with E-state index in [4.69, 9.17) is 5.26 Å². The molecule has 0 unspecified atom stereocenters. The van der Waals surface area contributed by atoms with Crippen LogP contribution in [-0.4, -0.2) is 17.0 Å². The summed E-state index contributed by atoms with van der Waals surface area (Å²) in [5.41, 5.74) is 5.54. The lowest BCUT2D eigenvalue weighted by Crippen LogP contribution is -2.10. The van der Waals surface area contributed by atoms with Crippen molar-refractivity contribution in [1.82, 2.24) is 4.57 Å². The maximum absolute atomic E-state index is 11.8. The van der Waals surface area contributed by atoms with Gasteiger partial charge in [0.15, 0.2) is 0 Å². The lowest BCUT2D eigenvalue weighted by molar-refractivity contribution is -0.115. The quantitative estimate of drug-likeness (QED) is 0.722. The van der Waals surface area contributed by atoms with Crippen LogP contribution in [0.5, 0.6) is 0 Å². The lowest BCUT2D eigenvalue weighted by atomic mass is 10.0. The van der Waals surface area contributed by atoms with E-state index in [9.17, 15) is 4.79 Å². The standard InChI is InChI=1S/C19H16N4O/c1-23-11-15(13-6-5-12(10-20)9-17(13)23)14-3-2-4-16-19(14)21-8-7-18(24)22-16/h2-6,9,11,21H,7-8H2,1H3,(H,22,24). The van der Waals surface area contributed by atoms with E-state index in [-0.39, 0.29) is 5.91 Å². The molecule has 4 rings (SSSR count). The normalized spacial score (nSPS) is 13.6. The Hall–Kier alpha value is -3.26. The van der Waals surface area contributed by atoms with Crippen LogP contribution in [0.3, 0.4) is 0 Å². The molecule has 2 heterocycles. The monoisotopic (exact) mass is 316 g/mol. The average molecular weight is 316 g/mol. The number of nitrogens with zero attached hydrogens (tertiary/aromatic N) is 2. The van der Waals surface area contributed by atoms with E-state index in [0.717, 1.165) is 33.4 Å². The molecule has 5 nitrogen and oxygen atoms in total. The van der Waals surface area contributed by atoms with Gasteiger partial charge in [-0.15, -0.1) is 0 Å². The molecule has 1 aliphatic heterocycles. The molecule has 0 saturated heterocycles. The molecule has 2 aromatic carbocycles. The Balaban J connectivity index is 1.95. The predicted octanol–water partition coefficient (Wildman–Crippen LogP) is 3.47. The molecule has 0 radical (unpaired) electrons. The summed E-state index contributed by atoms with van der Waals surface area (Å²) in [5.74, 6) is 0.0231. The number of aryl methyl sites for hydroxylation is 1. The van der Waals surface area contributed by atoms with E-state index < -0.39 is 0 Å². The van der Waals surface area contributed by atoms with E-state index in [2.05, 4.69) is 29.0 Å². The van der Waals surface area contributed by atoms with Crippen LogP contribution in [0.15, 0.2) is 42.6 Å². The van der Waals surface area contributed by atoms with Crippen molar-refractivity contribution in [2.45, 2.75) is 6.42 Å². The third kappa shape index (κ3) is 2.20. The third-order valence-corrected chi connectivity index (χ3v) is 4.40. The summed E-state index contributed by atoms with van der Waals surface area (Å²) in [5, 5.41) is 16.5. The first-order valence-corrected chi connectivity index (χ1v) is 7.83. The lowest BCUT2D eigenvalue weighted by Gasteiger charge is -2.13. The number of carbonyl (C=O) groups excluding carboxylic acids is 1. The van der Waals surface area contributed by atoms with E-state index in [1.54, 1.807) is 0 Å². The zero-order valence-corrected chi connectivity index (χ0v) is 13.3. The van der Waals surface area contributed by atoms with Gasteiger partial charge in [0.25, 0.3) is 0 Å². The Labute approximate surface area is 139 Å². The third-order valence-electron chi connectivity index (χ3n) is 4.40. The summed E-state index contributed by atoms with van der Waals surface area (Å²) in [7, 11) is 1.98. The molecule has 1 aromatic heterocycles. The molecule has 0 aliphatic carbocycles. The first kappa shape index (κ1) is 14.3. The molecule has 5 heteroatoms. The minimum absolute atomic E-state index is 0.0231. The Morgan fingerprint density at radius 2 is 2.08 bits per heavy atom. The van der Waals surface area contributed by atoms with Crippen molar-refractivity contribution in [2.24, 2.45) is 7.05 Å². The Morgan fingerprint density at radius 3 is 2.92 bits per heavy atom. The fourth-order valence-electron chi connectivity index (χ4n) is 3.25. The van der Waals surface area contributed by atoms with Crippen molar-refractivity contribution in [1.29, 1.82) is 5.26 Å². The molecule has 118 valence electrons. The highest BCUT2D eigenvalue weighted by Gasteiger charge is 2.18. The maximum atomic E-state index is 11.8. The van der Waals surface area contributed by atoms with Crippen LogP contribution in [0.2, 0.25) is 0 Å². The SMILES string of the molecule is Cn1cc(-c2cccc3c2NCCC(=O)N3)c2ccc(C#N)cc21. The summed E-state index contributed by atoms with van der Waals surface area (Å²) >= 11 is 0. The number of nitriles is 1. The van der Waals surface area contributed by atoms with Gasteiger partial charge in [-0.25, -0.2) is 0 Å². The zero-order valence-electron chi connectivity index (χ0n) is 13.3. The Morgan fingerprint density at radius 1 is 1.21 bits per heavy atom. The number of fused-ring (bicyclic) bond motifs is 2. The van der Waals surface area contributed by atoms with E-state index in [1.165, 1.54) is 0 Å². The minimum Gasteiger partial charge on any atom is -0.382 e. The topological polar surface area (TPSA) is 69.8 Å². The van der Waals surface area contributed by atoms with E-state index in [0.29, 0.717) is 18.5 Å².